The second-order valence-corrected chi connectivity index (χ2v) is 9.09. The first-order chi connectivity index (χ1) is 13.9. The Labute approximate surface area is 172 Å². The van der Waals surface area contributed by atoms with E-state index in [0.717, 1.165) is 31.1 Å². The van der Waals surface area contributed by atoms with Crippen molar-refractivity contribution in [2.75, 3.05) is 26.5 Å². The summed E-state index contributed by atoms with van der Waals surface area (Å²) in [4.78, 5) is 18.5. The van der Waals surface area contributed by atoms with Crippen molar-refractivity contribution in [3.63, 3.8) is 0 Å². The minimum Gasteiger partial charge on any atom is -0.469 e. The van der Waals surface area contributed by atoms with Crippen molar-refractivity contribution in [3.05, 3.63) is 35.9 Å². The summed E-state index contributed by atoms with van der Waals surface area (Å²) >= 11 is 0. The molecule has 0 bridgehead atoms. The fourth-order valence-corrected chi connectivity index (χ4v) is 4.70. The maximum absolute atomic E-state index is 12.5. The zero-order chi connectivity index (χ0) is 20.9. The highest BCUT2D eigenvalue weighted by atomic mass is 32.2. The number of hydroxylamine groups is 2. The van der Waals surface area contributed by atoms with E-state index in [4.69, 9.17) is 18.5 Å². The molecule has 3 rings (SSSR count). The Morgan fingerprint density at radius 3 is 2.72 bits per heavy atom. The van der Waals surface area contributed by atoms with E-state index in [2.05, 4.69) is 0 Å². The van der Waals surface area contributed by atoms with Crippen LogP contribution in [0.15, 0.2) is 30.3 Å². The van der Waals surface area contributed by atoms with E-state index in [1.165, 1.54) is 7.11 Å². The Morgan fingerprint density at radius 2 is 2.03 bits per heavy atom. The van der Waals surface area contributed by atoms with Crippen molar-refractivity contribution in [3.8, 4) is 0 Å². The summed E-state index contributed by atoms with van der Waals surface area (Å²) in [6.45, 7) is 1.38. The molecule has 0 unspecified atom stereocenters. The average Bonchev–Trinajstić information content (AvgIpc) is 3.09. The Morgan fingerprint density at radius 1 is 1.28 bits per heavy atom. The first-order valence-electron chi connectivity index (χ1n) is 9.90. The van der Waals surface area contributed by atoms with E-state index < -0.39 is 34.2 Å². The van der Waals surface area contributed by atoms with E-state index in [-0.39, 0.29) is 19.1 Å². The van der Waals surface area contributed by atoms with Crippen molar-refractivity contribution >= 4 is 16.1 Å². The fourth-order valence-electron chi connectivity index (χ4n) is 4.04. The van der Waals surface area contributed by atoms with Crippen LogP contribution in [0, 0.1) is 5.92 Å². The molecule has 1 aromatic carbocycles. The molecule has 2 aliphatic heterocycles. The van der Waals surface area contributed by atoms with Gasteiger partial charge in [0.1, 0.15) is 18.1 Å². The molecule has 0 spiro atoms. The largest absolute Gasteiger partial charge is 0.469 e. The SMILES string of the molecule is COC(=O)[C@H]1[C@H]([C@@H](CCOCc2ccccc2)OS(C)(=O)=O)ON2CCCC[C@H]12. The molecule has 0 saturated carbocycles. The van der Waals surface area contributed by atoms with Crippen LogP contribution in [0.4, 0.5) is 0 Å². The number of nitrogens with zero attached hydrogens (tertiary/aromatic N) is 1. The predicted molar refractivity (Wildman–Crippen MR) is 105 cm³/mol. The van der Waals surface area contributed by atoms with Crippen LogP contribution >= 0.6 is 0 Å². The number of esters is 1. The van der Waals surface area contributed by atoms with Crippen LogP contribution in [0.1, 0.15) is 31.2 Å². The van der Waals surface area contributed by atoms with Crippen LogP contribution in [-0.4, -0.2) is 64.2 Å². The van der Waals surface area contributed by atoms with Gasteiger partial charge in [-0.15, -0.1) is 0 Å². The van der Waals surface area contributed by atoms with Gasteiger partial charge in [-0.05, 0) is 18.4 Å². The van der Waals surface area contributed by atoms with Gasteiger partial charge < -0.3 is 9.47 Å². The zero-order valence-electron chi connectivity index (χ0n) is 16.9. The van der Waals surface area contributed by atoms with Gasteiger partial charge in [0.05, 0.1) is 26.0 Å². The number of ether oxygens (including phenoxy) is 2. The minimum absolute atomic E-state index is 0.128. The lowest BCUT2D eigenvalue weighted by molar-refractivity contribution is -0.191. The number of benzene rings is 1. The molecule has 0 N–H and O–H groups in total. The van der Waals surface area contributed by atoms with E-state index in [1.807, 2.05) is 30.3 Å². The molecule has 0 aliphatic carbocycles. The zero-order valence-corrected chi connectivity index (χ0v) is 17.7. The molecule has 4 atom stereocenters. The number of piperidine rings is 1. The number of hydrogen-bond donors (Lipinski definition) is 0. The van der Waals surface area contributed by atoms with E-state index in [9.17, 15) is 13.2 Å². The number of hydrogen-bond acceptors (Lipinski definition) is 8. The lowest BCUT2D eigenvalue weighted by atomic mass is 9.86. The molecule has 8 nitrogen and oxygen atoms in total. The summed E-state index contributed by atoms with van der Waals surface area (Å²) in [6.07, 6.45) is 2.46. The van der Waals surface area contributed by atoms with Crippen LogP contribution in [0.3, 0.4) is 0 Å². The van der Waals surface area contributed by atoms with Crippen molar-refractivity contribution in [1.82, 2.24) is 5.06 Å². The number of rotatable bonds is 9. The first-order valence-corrected chi connectivity index (χ1v) is 11.7. The smallest absolute Gasteiger partial charge is 0.313 e. The lowest BCUT2D eigenvalue weighted by Gasteiger charge is -2.28. The van der Waals surface area contributed by atoms with Crippen molar-refractivity contribution in [2.24, 2.45) is 5.92 Å². The topological polar surface area (TPSA) is 91.4 Å². The normalized spacial score (nSPS) is 26.1. The summed E-state index contributed by atoms with van der Waals surface area (Å²) in [5.41, 5.74) is 1.02. The molecular formula is C20H29NO7S. The van der Waals surface area contributed by atoms with Gasteiger partial charge in [0.25, 0.3) is 10.1 Å². The molecular weight excluding hydrogens is 398 g/mol. The minimum atomic E-state index is -3.74. The highest BCUT2D eigenvalue weighted by molar-refractivity contribution is 7.86. The standard InChI is InChI=1S/C20H29NO7S/c1-25-20(22)18-16-10-6-7-12-21(16)27-19(18)17(28-29(2,23)24)11-13-26-14-15-8-4-3-5-9-15/h3-5,8-9,16-19H,6-7,10-14H2,1-2H3/t16-,17-,18-,19+/m1/s1. The molecule has 2 heterocycles. The quantitative estimate of drug-likeness (QED) is 0.335. The van der Waals surface area contributed by atoms with E-state index in [1.54, 1.807) is 5.06 Å². The maximum atomic E-state index is 12.5. The van der Waals surface area contributed by atoms with Crippen molar-refractivity contribution in [1.29, 1.82) is 0 Å². The monoisotopic (exact) mass is 427 g/mol. The summed E-state index contributed by atoms with van der Waals surface area (Å²) < 4.78 is 39.8. The maximum Gasteiger partial charge on any atom is 0.313 e. The molecule has 0 radical (unpaired) electrons. The Balaban J connectivity index is 1.69. The summed E-state index contributed by atoms with van der Waals surface area (Å²) in [5, 5.41) is 1.79. The van der Waals surface area contributed by atoms with Crippen molar-refractivity contribution in [2.45, 2.75) is 50.5 Å². The van der Waals surface area contributed by atoms with Crippen molar-refractivity contribution < 1.29 is 31.7 Å². The van der Waals surface area contributed by atoms with Gasteiger partial charge in [-0.3, -0.25) is 13.8 Å². The summed E-state index contributed by atoms with van der Waals surface area (Å²) in [5.74, 6) is -1.00. The van der Waals surface area contributed by atoms with Gasteiger partial charge >= 0.3 is 5.97 Å². The summed E-state index contributed by atoms with van der Waals surface area (Å²) in [6, 6.07) is 9.57. The summed E-state index contributed by atoms with van der Waals surface area (Å²) in [7, 11) is -2.41. The molecule has 2 saturated heterocycles. The highest BCUT2D eigenvalue weighted by Crippen LogP contribution is 2.38. The highest BCUT2D eigenvalue weighted by Gasteiger charge is 2.52. The molecule has 2 fully saturated rings. The number of methoxy groups -OCH3 is 1. The second kappa shape index (κ2) is 9.99. The van der Waals surface area contributed by atoms with Gasteiger partial charge in [-0.2, -0.15) is 13.5 Å². The van der Waals surface area contributed by atoms with Crippen LogP contribution in [0.5, 0.6) is 0 Å². The lowest BCUT2D eigenvalue weighted by Crippen LogP contribution is -2.43. The Hall–Kier alpha value is -1.52. The average molecular weight is 428 g/mol. The number of fused-ring (bicyclic) bond motifs is 1. The molecule has 0 aromatic heterocycles. The third-order valence-electron chi connectivity index (χ3n) is 5.32. The number of carbonyl (C=O) groups is 1. The Kier molecular flexibility index (Phi) is 7.64. The molecule has 162 valence electrons. The van der Waals surface area contributed by atoms with Crippen LogP contribution in [-0.2, 0) is 40.0 Å². The molecule has 1 aromatic rings. The molecule has 2 aliphatic rings. The third-order valence-corrected chi connectivity index (χ3v) is 5.92. The van der Waals surface area contributed by atoms with Gasteiger partial charge in [-0.1, -0.05) is 36.8 Å². The second-order valence-electron chi connectivity index (χ2n) is 7.49. The van der Waals surface area contributed by atoms with Crippen LogP contribution in [0.25, 0.3) is 0 Å². The van der Waals surface area contributed by atoms with Crippen LogP contribution in [0.2, 0.25) is 0 Å². The first kappa shape index (κ1) is 22.2. The van der Waals surface area contributed by atoms with Gasteiger partial charge in [-0.25, -0.2) is 0 Å². The fraction of sp³-hybridized carbons (Fsp3) is 0.650. The Bertz CT molecular complexity index is 770. The number of carbonyl (C=O) groups excluding carboxylic acids is 1. The van der Waals surface area contributed by atoms with Gasteiger partial charge in [0, 0.05) is 19.6 Å². The van der Waals surface area contributed by atoms with Gasteiger partial charge in [0.15, 0.2) is 0 Å². The molecule has 29 heavy (non-hydrogen) atoms. The van der Waals surface area contributed by atoms with Crippen LogP contribution < -0.4 is 0 Å². The van der Waals surface area contributed by atoms with Gasteiger partial charge in [0.2, 0.25) is 0 Å². The molecule has 9 heteroatoms. The third kappa shape index (κ3) is 5.99. The van der Waals surface area contributed by atoms with E-state index >= 15 is 0 Å². The predicted octanol–water partition coefficient (Wildman–Crippen LogP) is 1.90. The van der Waals surface area contributed by atoms with E-state index in [0.29, 0.717) is 13.2 Å². The molecule has 0 amide bonds.